The topological polar surface area (TPSA) is 44.9 Å². The van der Waals surface area contributed by atoms with Gasteiger partial charge in [-0.3, -0.25) is 0 Å². The zero-order chi connectivity index (χ0) is 11.5. The average Bonchev–Trinajstić information content (AvgIpc) is 2.15. The van der Waals surface area contributed by atoms with E-state index < -0.39 is 0 Å². The van der Waals surface area contributed by atoms with Crippen molar-refractivity contribution in [1.29, 1.82) is 0 Å². The van der Waals surface area contributed by atoms with Crippen molar-refractivity contribution in [2.75, 3.05) is 32.7 Å². The summed E-state index contributed by atoms with van der Waals surface area (Å²) in [6, 6.07) is 0. The van der Waals surface area contributed by atoms with Crippen molar-refractivity contribution in [3.8, 4) is 0 Å². The fourth-order valence-electron chi connectivity index (χ4n) is 1.71. The second kappa shape index (κ2) is 4.84. The number of aliphatic imine (C=N–C) groups is 1. The molecule has 0 radical (unpaired) electrons. The maximum Gasteiger partial charge on any atom is 0.191 e. The van der Waals surface area contributed by atoms with Crippen LogP contribution >= 0.6 is 0 Å². The lowest BCUT2D eigenvalue weighted by Crippen LogP contribution is -2.51. The number of likely N-dealkylation sites (N-methyl/N-ethyl adjacent to an activating group) is 1. The Balaban J connectivity index is 2.50. The molecule has 1 aliphatic rings. The van der Waals surface area contributed by atoms with Gasteiger partial charge in [-0.05, 0) is 27.3 Å². The summed E-state index contributed by atoms with van der Waals surface area (Å²) in [7, 11) is 0. The van der Waals surface area contributed by atoms with Crippen molar-refractivity contribution in [3.63, 3.8) is 0 Å². The highest BCUT2D eigenvalue weighted by atomic mass is 15.3. The fourth-order valence-corrected chi connectivity index (χ4v) is 1.71. The molecule has 0 atom stereocenters. The number of hydrogen-bond acceptors (Lipinski definition) is 2. The van der Waals surface area contributed by atoms with Crippen LogP contribution in [0.15, 0.2) is 4.99 Å². The first kappa shape index (κ1) is 12.3. The van der Waals surface area contributed by atoms with Gasteiger partial charge in [0.05, 0.1) is 5.54 Å². The van der Waals surface area contributed by atoms with Crippen molar-refractivity contribution < 1.29 is 0 Å². The van der Waals surface area contributed by atoms with Crippen LogP contribution in [0.5, 0.6) is 0 Å². The number of piperazine rings is 1. The Bertz CT molecular complexity index is 221. The Morgan fingerprint density at radius 3 is 2.13 bits per heavy atom. The van der Waals surface area contributed by atoms with Crippen LogP contribution in [0, 0.1) is 0 Å². The van der Waals surface area contributed by atoms with E-state index in [1.54, 1.807) is 0 Å². The molecule has 1 heterocycles. The number of nitrogens with two attached hydrogens (primary N) is 1. The third kappa shape index (κ3) is 4.08. The van der Waals surface area contributed by atoms with Gasteiger partial charge >= 0.3 is 0 Å². The number of rotatable bonds is 1. The minimum absolute atomic E-state index is 0.0774. The van der Waals surface area contributed by atoms with E-state index in [9.17, 15) is 0 Å². The summed E-state index contributed by atoms with van der Waals surface area (Å²) in [6.07, 6.45) is 0. The summed E-state index contributed by atoms with van der Waals surface area (Å²) >= 11 is 0. The predicted molar refractivity (Wildman–Crippen MR) is 65.1 cm³/mol. The summed E-state index contributed by atoms with van der Waals surface area (Å²) in [5.41, 5.74) is 5.90. The fraction of sp³-hybridized carbons (Fsp3) is 0.909. The van der Waals surface area contributed by atoms with Gasteiger partial charge in [0, 0.05) is 26.2 Å². The van der Waals surface area contributed by atoms with Crippen LogP contribution in [0.4, 0.5) is 0 Å². The van der Waals surface area contributed by atoms with Gasteiger partial charge in [0.15, 0.2) is 5.96 Å². The summed E-state index contributed by atoms with van der Waals surface area (Å²) < 4.78 is 0. The lowest BCUT2D eigenvalue weighted by atomic mass is 10.1. The highest BCUT2D eigenvalue weighted by Gasteiger charge is 2.18. The molecule has 1 aliphatic heterocycles. The van der Waals surface area contributed by atoms with Crippen LogP contribution in [0.1, 0.15) is 27.7 Å². The number of hydrogen-bond donors (Lipinski definition) is 1. The van der Waals surface area contributed by atoms with Crippen molar-refractivity contribution in [3.05, 3.63) is 0 Å². The highest BCUT2D eigenvalue weighted by Crippen LogP contribution is 2.08. The molecule has 15 heavy (non-hydrogen) atoms. The molecule has 2 N–H and O–H groups in total. The van der Waals surface area contributed by atoms with Crippen molar-refractivity contribution in [1.82, 2.24) is 9.80 Å². The molecule has 0 aliphatic carbocycles. The number of guanidine groups is 1. The predicted octanol–water partition coefficient (Wildman–Crippen LogP) is 0.737. The minimum Gasteiger partial charge on any atom is -0.370 e. The SMILES string of the molecule is CCN1CCN(C(N)=NC(C)(C)C)CC1. The summed E-state index contributed by atoms with van der Waals surface area (Å²) in [5, 5.41) is 0. The Hall–Kier alpha value is -0.770. The number of nitrogens with zero attached hydrogens (tertiary/aromatic N) is 3. The molecular formula is C11H24N4. The van der Waals surface area contributed by atoms with Crippen molar-refractivity contribution in [2.45, 2.75) is 33.2 Å². The normalized spacial score (nSPS) is 20.8. The molecule has 88 valence electrons. The Morgan fingerprint density at radius 2 is 1.73 bits per heavy atom. The van der Waals surface area contributed by atoms with Gasteiger partial charge in [-0.25, -0.2) is 4.99 Å². The monoisotopic (exact) mass is 212 g/mol. The standard InChI is InChI=1S/C11H24N4/c1-5-14-6-8-15(9-7-14)10(12)13-11(2,3)4/h5-9H2,1-4H3,(H2,12,13). The van der Waals surface area contributed by atoms with E-state index >= 15 is 0 Å². The van der Waals surface area contributed by atoms with Crippen molar-refractivity contribution >= 4 is 5.96 Å². The zero-order valence-corrected chi connectivity index (χ0v) is 10.5. The van der Waals surface area contributed by atoms with Gasteiger partial charge in [-0.1, -0.05) is 6.92 Å². The van der Waals surface area contributed by atoms with Gasteiger partial charge < -0.3 is 15.5 Å². The molecule has 0 unspecified atom stereocenters. The van der Waals surface area contributed by atoms with E-state index in [0.717, 1.165) is 32.7 Å². The first-order valence-corrected chi connectivity index (χ1v) is 5.75. The van der Waals surface area contributed by atoms with Crippen LogP contribution in [0.3, 0.4) is 0 Å². The summed E-state index contributed by atoms with van der Waals surface area (Å²) in [5.74, 6) is 0.693. The van der Waals surface area contributed by atoms with Gasteiger partial charge in [-0.2, -0.15) is 0 Å². The van der Waals surface area contributed by atoms with Crippen LogP contribution in [0.2, 0.25) is 0 Å². The molecule has 1 saturated heterocycles. The quantitative estimate of drug-likeness (QED) is 0.515. The lowest BCUT2D eigenvalue weighted by molar-refractivity contribution is 0.188. The van der Waals surface area contributed by atoms with Gasteiger partial charge in [-0.15, -0.1) is 0 Å². The maximum absolute atomic E-state index is 5.98. The Morgan fingerprint density at radius 1 is 1.20 bits per heavy atom. The Labute approximate surface area is 93.1 Å². The van der Waals surface area contributed by atoms with E-state index in [-0.39, 0.29) is 5.54 Å². The van der Waals surface area contributed by atoms with E-state index in [4.69, 9.17) is 5.73 Å². The summed E-state index contributed by atoms with van der Waals surface area (Å²) in [4.78, 5) is 9.10. The van der Waals surface area contributed by atoms with E-state index in [1.165, 1.54) is 0 Å². The highest BCUT2D eigenvalue weighted by molar-refractivity contribution is 5.78. The molecule has 1 rings (SSSR count). The van der Waals surface area contributed by atoms with Crippen molar-refractivity contribution in [2.24, 2.45) is 10.7 Å². The van der Waals surface area contributed by atoms with E-state index in [2.05, 4.69) is 42.5 Å². The van der Waals surface area contributed by atoms with Crippen LogP contribution in [0.25, 0.3) is 0 Å². The van der Waals surface area contributed by atoms with Gasteiger partial charge in [0.25, 0.3) is 0 Å². The molecule has 0 spiro atoms. The molecular weight excluding hydrogens is 188 g/mol. The molecule has 4 nitrogen and oxygen atoms in total. The largest absolute Gasteiger partial charge is 0.370 e. The first-order valence-electron chi connectivity index (χ1n) is 5.75. The molecule has 0 aromatic heterocycles. The lowest BCUT2D eigenvalue weighted by Gasteiger charge is -2.35. The van der Waals surface area contributed by atoms with Crippen LogP contribution in [-0.4, -0.2) is 54.0 Å². The third-order valence-electron chi connectivity index (χ3n) is 2.59. The molecule has 0 amide bonds. The smallest absolute Gasteiger partial charge is 0.191 e. The van der Waals surface area contributed by atoms with E-state index in [0.29, 0.717) is 5.96 Å². The zero-order valence-electron chi connectivity index (χ0n) is 10.5. The molecule has 1 fully saturated rings. The molecule has 0 bridgehead atoms. The minimum atomic E-state index is -0.0774. The third-order valence-corrected chi connectivity index (χ3v) is 2.59. The second-order valence-corrected chi connectivity index (χ2v) is 5.06. The average molecular weight is 212 g/mol. The first-order chi connectivity index (χ1) is 6.92. The Kier molecular flexibility index (Phi) is 3.97. The summed E-state index contributed by atoms with van der Waals surface area (Å²) in [6.45, 7) is 13.7. The molecule has 0 aromatic carbocycles. The van der Waals surface area contributed by atoms with Crippen LogP contribution < -0.4 is 5.73 Å². The molecule has 0 aromatic rings. The van der Waals surface area contributed by atoms with Gasteiger partial charge in [0.1, 0.15) is 0 Å². The van der Waals surface area contributed by atoms with Gasteiger partial charge in [0.2, 0.25) is 0 Å². The molecule has 0 saturated carbocycles. The maximum atomic E-state index is 5.98. The van der Waals surface area contributed by atoms with E-state index in [1.807, 2.05) is 0 Å². The second-order valence-electron chi connectivity index (χ2n) is 5.06. The van der Waals surface area contributed by atoms with Crippen LogP contribution in [-0.2, 0) is 0 Å². The molecule has 4 heteroatoms.